The first-order chi connectivity index (χ1) is 16.5. The number of rotatable bonds is 10. The number of carbonyl (C=O) groups is 4. The Kier molecular flexibility index (Phi) is 46.1. The van der Waals surface area contributed by atoms with Gasteiger partial charge in [0.1, 0.15) is 24.4 Å². The summed E-state index contributed by atoms with van der Waals surface area (Å²) in [4.78, 5) is 37.0. The molecular formula is C20H36O16. The Morgan fingerprint density at radius 1 is 0.444 bits per heavy atom. The minimum atomic E-state index is -1.22. The largest absolute Gasteiger partial charge is 0.478 e. The molecule has 0 unspecified atom stereocenters. The van der Waals surface area contributed by atoms with Crippen LogP contribution in [0, 0.1) is 0 Å². The monoisotopic (exact) mass is 532 g/mol. The van der Waals surface area contributed by atoms with Gasteiger partial charge in [-0.15, -0.1) is 0 Å². The molecule has 0 aliphatic rings. The Morgan fingerprint density at radius 3 is 0.556 bits per heavy atom. The third-order valence-corrected chi connectivity index (χ3v) is 2.34. The third kappa shape index (κ3) is 63.2. The van der Waals surface area contributed by atoms with Crippen LogP contribution < -0.4 is 0 Å². The number of aliphatic carboxylic acids is 4. The van der Waals surface area contributed by atoms with Crippen molar-refractivity contribution in [3.8, 4) is 0 Å². The highest BCUT2D eigenvalue weighted by Crippen LogP contribution is 1.89. The molecule has 4 atom stereocenters. The highest BCUT2D eigenvalue weighted by atomic mass is 16.4. The Morgan fingerprint density at radius 2 is 0.528 bits per heavy atom. The topological polar surface area (TPSA) is 311 Å². The van der Waals surface area contributed by atoms with Crippen LogP contribution in [0.25, 0.3) is 0 Å². The molecule has 16 heteroatoms. The van der Waals surface area contributed by atoms with E-state index in [1.807, 2.05) is 0 Å². The summed E-state index contributed by atoms with van der Waals surface area (Å²) in [6, 6.07) is 0. The fraction of sp³-hybridized carbons (Fsp3) is 0.400. The van der Waals surface area contributed by atoms with Crippen LogP contribution in [0.3, 0.4) is 0 Å². The van der Waals surface area contributed by atoms with Crippen LogP contribution in [-0.4, -0.2) is 136 Å². The van der Waals surface area contributed by atoms with Gasteiger partial charge in [0.15, 0.2) is 0 Å². The lowest BCUT2D eigenvalue weighted by atomic mass is 10.2. The number of hydrogen-bond donors (Lipinski definition) is 12. The van der Waals surface area contributed by atoms with Gasteiger partial charge in [0.05, 0.1) is 26.4 Å². The average Bonchev–Trinajstić information content (AvgIpc) is 2.87. The summed E-state index contributed by atoms with van der Waals surface area (Å²) in [5.74, 6) is -3.93. The summed E-state index contributed by atoms with van der Waals surface area (Å²) in [5.41, 5.74) is 0. The average molecular weight is 532 g/mol. The molecule has 212 valence electrons. The van der Waals surface area contributed by atoms with E-state index in [1.54, 1.807) is 0 Å². The lowest BCUT2D eigenvalue weighted by molar-refractivity contribution is -0.132. The van der Waals surface area contributed by atoms with Crippen molar-refractivity contribution in [2.75, 3.05) is 26.4 Å². The molecule has 0 heterocycles. The predicted octanol–water partition coefficient (Wildman–Crippen LogP) is -3.59. The summed E-state index contributed by atoms with van der Waals surface area (Å²) in [7, 11) is 0. The normalized spacial score (nSPS) is 11.6. The minimum absolute atomic E-state index is 0.526. The van der Waals surface area contributed by atoms with E-state index in [-0.39, 0.29) is 0 Å². The Bertz CT molecular complexity index is 501. The van der Waals surface area contributed by atoms with Gasteiger partial charge in [0.2, 0.25) is 0 Å². The Labute approximate surface area is 206 Å². The maximum absolute atomic E-state index is 9.25. The SMILES string of the molecule is C=CC(=O)O.C=CC(=O)O.C=CC(=O)O.C=CC(=O)O.OC[C@@H](O)[C@@H](O)CO.OC[C@@H](O)[C@@H](O)CO. The van der Waals surface area contributed by atoms with Crippen LogP contribution in [0.2, 0.25) is 0 Å². The molecule has 0 bridgehead atoms. The van der Waals surface area contributed by atoms with Crippen LogP contribution in [0.1, 0.15) is 0 Å². The molecule has 0 aliphatic heterocycles. The van der Waals surface area contributed by atoms with Gasteiger partial charge < -0.3 is 61.3 Å². The standard InChI is InChI=1S/2C4H10O4.4C3H4O2/c2*5-1-3(7)4(8)2-6;4*1-2-3(4)5/h2*3-8H,1-2H2;4*2H,1H2,(H,4,5)/t2*3-,4+;;;;. The zero-order valence-corrected chi connectivity index (χ0v) is 19.3. The molecule has 0 saturated carbocycles. The first-order valence-electron chi connectivity index (χ1n) is 9.10. The molecular weight excluding hydrogens is 496 g/mol. The van der Waals surface area contributed by atoms with Gasteiger partial charge in [-0.3, -0.25) is 0 Å². The van der Waals surface area contributed by atoms with Crippen molar-refractivity contribution in [1.82, 2.24) is 0 Å². The van der Waals surface area contributed by atoms with Gasteiger partial charge in [-0.25, -0.2) is 19.2 Å². The molecule has 12 N–H and O–H groups in total. The highest BCUT2D eigenvalue weighted by Gasteiger charge is 2.12. The van der Waals surface area contributed by atoms with E-state index in [1.165, 1.54) is 0 Å². The molecule has 0 saturated heterocycles. The van der Waals surface area contributed by atoms with Crippen LogP contribution in [0.5, 0.6) is 0 Å². The van der Waals surface area contributed by atoms with Crippen molar-refractivity contribution in [3.63, 3.8) is 0 Å². The Hall–Kier alpha value is -3.48. The van der Waals surface area contributed by atoms with Crippen LogP contribution in [0.4, 0.5) is 0 Å². The van der Waals surface area contributed by atoms with Gasteiger partial charge in [-0.2, -0.15) is 0 Å². The van der Waals surface area contributed by atoms with Crippen LogP contribution >= 0.6 is 0 Å². The first kappa shape index (κ1) is 45.9. The third-order valence-electron chi connectivity index (χ3n) is 2.34. The van der Waals surface area contributed by atoms with Crippen LogP contribution in [-0.2, 0) is 19.2 Å². The van der Waals surface area contributed by atoms with Gasteiger partial charge in [0, 0.05) is 24.3 Å². The number of hydrogen-bond acceptors (Lipinski definition) is 12. The highest BCUT2D eigenvalue weighted by molar-refractivity contribution is 5.79. The minimum Gasteiger partial charge on any atom is -0.478 e. The van der Waals surface area contributed by atoms with E-state index < -0.39 is 74.7 Å². The van der Waals surface area contributed by atoms with E-state index in [2.05, 4.69) is 26.3 Å². The van der Waals surface area contributed by atoms with Crippen molar-refractivity contribution in [3.05, 3.63) is 50.6 Å². The molecule has 0 aromatic rings. The molecule has 36 heavy (non-hydrogen) atoms. The number of carboxylic acids is 4. The molecule has 0 rings (SSSR count). The number of aliphatic hydroxyl groups excluding tert-OH is 8. The Balaban J connectivity index is -0.0000000762. The summed E-state index contributed by atoms with van der Waals surface area (Å²) < 4.78 is 0. The quantitative estimate of drug-likeness (QED) is 0.121. The smallest absolute Gasteiger partial charge is 0.327 e. The predicted molar refractivity (Wildman–Crippen MR) is 124 cm³/mol. The first-order valence-corrected chi connectivity index (χ1v) is 9.10. The summed E-state index contributed by atoms with van der Waals surface area (Å²) in [6.45, 7) is 9.74. The van der Waals surface area contributed by atoms with Gasteiger partial charge in [0.25, 0.3) is 0 Å². The van der Waals surface area contributed by atoms with Gasteiger partial charge in [-0.1, -0.05) is 26.3 Å². The van der Waals surface area contributed by atoms with Crippen LogP contribution in [0.15, 0.2) is 50.6 Å². The molecule has 0 spiro atoms. The molecule has 16 nitrogen and oxygen atoms in total. The fourth-order valence-electron chi connectivity index (χ4n) is 0.487. The van der Waals surface area contributed by atoms with Gasteiger partial charge >= 0.3 is 23.9 Å². The second-order valence-electron chi connectivity index (χ2n) is 5.17. The summed E-state index contributed by atoms with van der Waals surface area (Å²) in [5, 5.41) is 96.7. The summed E-state index contributed by atoms with van der Waals surface area (Å²) >= 11 is 0. The maximum Gasteiger partial charge on any atom is 0.327 e. The molecule has 0 amide bonds. The number of carboxylic acid groups (broad SMARTS) is 4. The fourth-order valence-corrected chi connectivity index (χ4v) is 0.487. The van der Waals surface area contributed by atoms with Crippen molar-refractivity contribution in [2.45, 2.75) is 24.4 Å². The van der Waals surface area contributed by atoms with E-state index in [0.29, 0.717) is 0 Å². The van der Waals surface area contributed by atoms with Crippen molar-refractivity contribution in [2.24, 2.45) is 0 Å². The van der Waals surface area contributed by atoms with Crippen molar-refractivity contribution in [1.29, 1.82) is 0 Å². The molecule has 0 aromatic carbocycles. The number of aliphatic hydroxyl groups is 8. The van der Waals surface area contributed by atoms with Crippen molar-refractivity contribution < 1.29 is 80.5 Å². The lowest BCUT2D eigenvalue weighted by Crippen LogP contribution is -2.31. The summed E-state index contributed by atoms with van der Waals surface area (Å²) in [6.07, 6.45) is -1.56. The zero-order chi connectivity index (χ0) is 30.3. The van der Waals surface area contributed by atoms with E-state index >= 15 is 0 Å². The van der Waals surface area contributed by atoms with Crippen molar-refractivity contribution >= 4 is 23.9 Å². The van der Waals surface area contributed by atoms with Gasteiger partial charge in [-0.05, 0) is 0 Å². The second kappa shape index (κ2) is 36.1. The molecule has 0 aromatic heterocycles. The molecule has 0 fully saturated rings. The maximum atomic E-state index is 9.25. The van der Waals surface area contributed by atoms with E-state index in [0.717, 1.165) is 24.3 Å². The lowest BCUT2D eigenvalue weighted by Gasteiger charge is -2.10. The van der Waals surface area contributed by atoms with E-state index in [9.17, 15) is 19.2 Å². The van der Waals surface area contributed by atoms with E-state index in [4.69, 9.17) is 61.3 Å². The zero-order valence-electron chi connectivity index (χ0n) is 19.3. The second-order valence-corrected chi connectivity index (χ2v) is 5.17. The molecule has 0 aliphatic carbocycles. The molecule has 0 radical (unpaired) electrons.